The topological polar surface area (TPSA) is 0 Å². The Balaban J connectivity index is 1.52. The van der Waals surface area contributed by atoms with Crippen molar-refractivity contribution in [3.8, 4) is 0 Å². The van der Waals surface area contributed by atoms with Gasteiger partial charge in [-0.2, -0.15) is 0 Å². The monoisotopic (exact) mass is 297 g/mol. The van der Waals surface area contributed by atoms with Gasteiger partial charge in [-0.1, -0.05) is 49.6 Å². The number of hydrogen-bond donors (Lipinski definition) is 0. The Morgan fingerprint density at radius 3 is 1.86 bits per heavy atom. The highest BCUT2D eigenvalue weighted by atomic mass is 28.1. The maximum Gasteiger partial charge on any atom is 0.0283 e. The third-order valence-corrected chi connectivity index (χ3v) is 6.56. The molecule has 0 aliphatic heterocycles. The molecule has 2 fully saturated rings. The molecule has 0 unspecified atom stereocenters. The summed E-state index contributed by atoms with van der Waals surface area (Å²) in [5, 5.41) is 0. The SMILES string of the molecule is CC1CCC(C2CCC(c3ccc(C[Si])cc3)CC2)CC1. The highest BCUT2D eigenvalue weighted by Gasteiger charge is 2.30. The lowest BCUT2D eigenvalue weighted by atomic mass is 9.68. The van der Waals surface area contributed by atoms with Gasteiger partial charge in [-0.05, 0) is 73.8 Å². The average molecular weight is 298 g/mol. The molecule has 2 aliphatic carbocycles. The van der Waals surface area contributed by atoms with Gasteiger partial charge in [0.15, 0.2) is 0 Å². The molecule has 1 heteroatoms. The molecule has 0 N–H and O–H groups in total. The third kappa shape index (κ3) is 3.80. The predicted molar refractivity (Wildman–Crippen MR) is 91.7 cm³/mol. The molecule has 0 saturated heterocycles. The normalized spacial score (nSPS) is 33.8. The average Bonchev–Trinajstić information content (AvgIpc) is 2.56. The first-order valence-corrected chi connectivity index (χ1v) is 9.70. The molecule has 0 atom stereocenters. The van der Waals surface area contributed by atoms with Gasteiger partial charge < -0.3 is 0 Å². The first kappa shape index (κ1) is 15.3. The van der Waals surface area contributed by atoms with Crippen molar-refractivity contribution < 1.29 is 0 Å². The highest BCUT2D eigenvalue weighted by Crippen LogP contribution is 2.43. The molecule has 0 heterocycles. The van der Waals surface area contributed by atoms with E-state index >= 15 is 0 Å². The van der Waals surface area contributed by atoms with Crippen molar-refractivity contribution in [1.29, 1.82) is 0 Å². The van der Waals surface area contributed by atoms with Crippen molar-refractivity contribution in [1.82, 2.24) is 0 Å². The van der Waals surface area contributed by atoms with Crippen LogP contribution in [-0.2, 0) is 6.04 Å². The zero-order valence-corrected chi connectivity index (χ0v) is 14.5. The molecule has 2 saturated carbocycles. The van der Waals surface area contributed by atoms with Gasteiger partial charge >= 0.3 is 0 Å². The number of benzene rings is 1. The molecule has 1 aromatic rings. The van der Waals surface area contributed by atoms with Gasteiger partial charge in [0.2, 0.25) is 0 Å². The molecule has 0 aromatic heterocycles. The van der Waals surface area contributed by atoms with Crippen molar-refractivity contribution in [2.45, 2.75) is 70.3 Å². The van der Waals surface area contributed by atoms with Crippen LogP contribution in [0.5, 0.6) is 0 Å². The van der Waals surface area contributed by atoms with E-state index in [4.69, 9.17) is 0 Å². The third-order valence-electron chi connectivity index (χ3n) is 6.15. The van der Waals surface area contributed by atoms with E-state index in [-0.39, 0.29) is 0 Å². The van der Waals surface area contributed by atoms with Gasteiger partial charge in [0.05, 0.1) is 0 Å². The van der Waals surface area contributed by atoms with Crippen LogP contribution in [0.25, 0.3) is 0 Å². The van der Waals surface area contributed by atoms with Crippen LogP contribution in [0.15, 0.2) is 24.3 Å². The van der Waals surface area contributed by atoms with Crippen LogP contribution in [0.1, 0.15) is 75.3 Å². The first-order valence-electron chi connectivity index (χ1n) is 8.99. The van der Waals surface area contributed by atoms with E-state index in [1.807, 2.05) is 0 Å². The zero-order chi connectivity index (χ0) is 14.7. The molecule has 0 amide bonds. The van der Waals surface area contributed by atoms with E-state index in [0.717, 1.165) is 29.7 Å². The smallest absolute Gasteiger partial charge is 0.0283 e. The van der Waals surface area contributed by atoms with E-state index in [1.54, 1.807) is 5.56 Å². The second kappa shape index (κ2) is 7.13. The second-order valence-electron chi connectivity index (χ2n) is 7.55. The summed E-state index contributed by atoms with van der Waals surface area (Å²) in [4.78, 5) is 0. The summed E-state index contributed by atoms with van der Waals surface area (Å²) in [7, 11) is 3.58. The van der Waals surface area contributed by atoms with E-state index in [9.17, 15) is 0 Å². The largest absolute Gasteiger partial charge is 0.0625 e. The lowest BCUT2D eigenvalue weighted by molar-refractivity contribution is 0.165. The Morgan fingerprint density at radius 1 is 0.810 bits per heavy atom. The van der Waals surface area contributed by atoms with E-state index < -0.39 is 0 Å². The van der Waals surface area contributed by atoms with Gasteiger partial charge in [-0.15, -0.1) is 0 Å². The minimum Gasteiger partial charge on any atom is -0.0625 e. The fourth-order valence-electron chi connectivity index (χ4n) is 4.59. The molecular weight excluding hydrogens is 268 g/mol. The summed E-state index contributed by atoms with van der Waals surface area (Å²) in [6.07, 6.45) is 11.8. The van der Waals surface area contributed by atoms with E-state index in [0.29, 0.717) is 0 Å². The zero-order valence-electron chi connectivity index (χ0n) is 13.5. The quantitative estimate of drug-likeness (QED) is 0.650. The first-order chi connectivity index (χ1) is 10.3. The Morgan fingerprint density at radius 2 is 1.33 bits per heavy atom. The Bertz CT molecular complexity index is 420. The minimum absolute atomic E-state index is 0.826. The fourth-order valence-corrected chi connectivity index (χ4v) is 4.82. The van der Waals surface area contributed by atoms with Crippen LogP contribution in [0.3, 0.4) is 0 Å². The summed E-state index contributed by atoms with van der Waals surface area (Å²) >= 11 is 0. The lowest BCUT2D eigenvalue weighted by Gasteiger charge is -2.37. The molecule has 21 heavy (non-hydrogen) atoms. The summed E-state index contributed by atoms with van der Waals surface area (Å²) in [6.45, 7) is 2.43. The van der Waals surface area contributed by atoms with Crippen molar-refractivity contribution in [3.63, 3.8) is 0 Å². The highest BCUT2D eigenvalue weighted by molar-refractivity contribution is 6.08. The molecule has 1 aromatic carbocycles. The Hall–Kier alpha value is -0.563. The van der Waals surface area contributed by atoms with Crippen LogP contribution in [0.2, 0.25) is 0 Å². The van der Waals surface area contributed by atoms with Crippen LogP contribution in [0.4, 0.5) is 0 Å². The van der Waals surface area contributed by atoms with Crippen molar-refractivity contribution >= 4 is 10.2 Å². The van der Waals surface area contributed by atoms with E-state index in [1.165, 1.54) is 56.9 Å². The molecule has 0 spiro atoms. The van der Waals surface area contributed by atoms with Gasteiger partial charge in [0.1, 0.15) is 0 Å². The van der Waals surface area contributed by atoms with Crippen molar-refractivity contribution in [2.24, 2.45) is 17.8 Å². The summed E-state index contributed by atoms with van der Waals surface area (Å²) in [6, 6.07) is 10.3. The van der Waals surface area contributed by atoms with Gasteiger partial charge in [0.25, 0.3) is 0 Å². The van der Waals surface area contributed by atoms with Gasteiger partial charge in [0, 0.05) is 10.2 Å². The summed E-state index contributed by atoms with van der Waals surface area (Å²) in [5.41, 5.74) is 2.97. The Labute approximate surface area is 134 Å². The minimum atomic E-state index is 0.826. The summed E-state index contributed by atoms with van der Waals surface area (Å²) in [5.74, 6) is 3.91. The van der Waals surface area contributed by atoms with Gasteiger partial charge in [-0.3, -0.25) is 0 Å². The molecule has 113 valence electrons. The Kier molecular flexibility index (Phi) is 5.21. The lowest BCUT2D eigenvalue weighted by Crippen LogP contribution is -2.24. The standard InChI is InChI=1S/C20H29Si/c1-15-2-6-17(7-3-15)19-10-12-20(13-11-19)18-8-4-16(14-21)5-9-18/h4-5,8-9,15,17,19-20H,2-3,6-7,10-14H2,1H3. The molecular formula is C20H29Si. The number of rotatable bonds is 3. The molecule has 0 bridgehead atoms. The van der Waals surface area contributed by atoms with Crippen molar-refractivity contribution in [3.05, 3.63) is 35.4 Å². The maximum absolute atomic E-state index is 3.58. The van der Waals surface area contributed by atoms with E-state index in [2.05, 4.69) is 41.4 Å². The van der Waals surface area contributed by atoms with Gasteiger partial charge in [-0.25, -0.2) is 0 Å². The van der Waals surface area contributed by atoms with Crippen LogP contribution >= 0.6 is 0 Å². The van der Waals surface area contributed by atoms with Crippen LogP contribution in [0, 0.1) is 17.8 Å². The van der Waals surface area contributed by atoms with Crippen molar-refractivity contribution in [2.75, 3.05) is 0 Å². The maximum atomic E-state index is 3.58. The molecule has 3 rings (SSSR count). The summed E-state index contributed by atoms with van der Waals surface area (Å²) < 4.78 is 0. The molecule has 2 aliphatic rings. The van der Waals surface area contributed by atoms with Crippen LogP contribution in [-0.4, -0.2) is 10.2 Å². The molecule has 0 nitrogen and oxygen atoms in total. The molecule has 3 radical (unpaired) electrons. The fraction of sp³-hybridized carbons (Fsp3) is 0.700. The number of hydrogen-bond acceptors (Lipinski definition) is 0. The second-order valence-corrected chi connectivity index (χ2v) is 7.90. The predicted octanol–water partition coefficient (Wildman–Crippen LogP) is 5.46. The van der Waals surface area contributed by atoms with Crippen LogP contribution < -0.4 is 0 Å².